The molecule has 0 aliphatic heterocycles. The van der Waals surface area contributed by atoms with Crippen LogP contribution >= 0.6 is 15.9 Å². The lowest BCUT2D eigenvalue weighted by Gasteiger charge is -2.22. The number of benzene rings is 2. The molecule has 0 heterocycles. The highest BCUT2D eigenvalue weighted by atomic mass is 79.9. The van der Waals surface area contributed by atoms with Crippen molar-refractivity contribution in [1.82, 2.24) is 0 Å². The van der Waals surface area contributed by atoms with Crippen LogP contribution in [0.5, 0.6) is 5.75 Å². The van der Waals surface area contributed by atoms with Crippen LogP contribution in [0.4, 0.5) is 11.4 Å². The number of rotatable bonds is 4. The van der Waals surface area contributed by atoms with Gasteiger partial charge in [0.25, 0.3) is 0 Å². The second-order valence-corrected chi connectivity index (χ2v) is 5.29. The summed E-state index contributed by atoms with van der Waals surface area (Å²) in [4.78, 5) is 2.11. The highest BCUT2D eigenvalue weighted by molar-refractivity contribution is 9.10. The molecule has 2 N–H and O–H groups in total. The van der Waals surface area contributed by atoms with Crippen molar-refractivity contribution in [3.05, 3.63) is 52.5 Å². The second-order valence-electron chi connectivity index (χ2n) is 4.37. The van der Waals surface area contributed by atoms with Gasteiger partial charge in [0, 0.05) is 23.6 Å². The van der Waals surface area contributed by atoms with Gasteiger partial charge in [-0.3, -0.25) is 0 Å². The van der Waals surface area contributed by atoms with Crippen molar-refractivity contribution in [2.45, 2.75) is 6.54 Å². The van der Waals surface area contributed by atoms with Gasteiger partial charge in [0.2, 0.25) is 0 Å². The Bertz CT molecular complexity index is 572. The lowest BCUT2D eigenvalue weighted by atomic mass is 10.1. The number of para-hydroxylation sites is 2. The molecule has 0 saturated carbocycles. The quantitative estimate of drug-likeness (QED) is 0.873. The van der Waals surface area contributed by atoms with E-state index in [1.807, 2.05) is 43.4 Å². The summed E-state index contributed by atoms with van der Waals surface area (Å²) in [6, 6.07) is 13.8. The number of methoxy groups -OCH3 is 1. The van der Waals surface area contributed by atoms with E-state index in [4.69, 9.17) is 10.5 Å². The zero-order chi connectivity index (χ0) is 13.8. The topological polar surface area (TPSA) is 38.5 Å². The predicted octanol–water partition coefficient (Wildman–Crippen LogP) is 3.68. The molecular weight excluding hydrogens is 304 g/mol. The molecule has 0 aliphatic rings. The summed E-state index contributed by atoms with van der Waals surface area (Å²) >= 11 is 3.49. The van der Waals surface area contributed by atoms with Crippen LogP contribution in [0.15, 0.2) is 46.9 Å². The number of hydrogen-bond acceptors (Lipinski definition) is 3. The molecule has 0 radical (unpaired) electrons. The molecule has 2 aromatic carbocycles. The molecule has 4 heteroatoms. The first-order valence-electron chi connectivity index (χ1n) is 6.00. The van der Waals surface area contributed by atoms with Crippen molar-refractivity contribution < 1.29 is 4.74 Å². The van der Waals surface area contributed by atoms with E-state index in [2.05, 4.69) is 26.9 Å². The molecule has 100 valence electrons. The number of nitrogen functional groups attached to an aromatic ring is 1. The molecule has 2 rings (SSSR count). The number of halogens is 1. The maximum absolute atomic E-state index is 5.99. The second kappa shape index (κ2) is 5.97. The number of anilines is 2. The Morgan fingerprint density at radius 3 is 2.63 bits per heavy atom. The molecule has 0 bridgehead atoms. The van der Waals surface area contributed by atoms with Crippen LogP contribution in [0.3, 0.4) is 0 Å². The molecule has 0 aliphatic carbocycles. The van der Waals surface area contributed by atoms with Crippen LogP contribution < -0.4 is 15.4 Å². The first-order valence-corrected chi connectivity index (χ1v) is 6.79. The summed E-state index contributed by atoms with van der Waals surface area (Å²) in [6.45, 7) is 0.733. The number of ether oxygens (including phenoxy) is 1. The maximum atomic E-state index is 5.99. The predicted molar refractivity (Wildman–Crippen MR) is 83.7 cm³/mol. The minimum Gasteiger partial charge on any atom is -0.496 e. The summed E-state index contributed by atoms with van der Waals surface area (Å²) in [7, 11) is 3.70. The van der Waals surface area contributed by atoms with Gasteiger partial charge in [-0.05, 0) is 30.3 Å². The van der Waals surface area contributed by atoms with Crippen molar-refractivity contribution in [3.63, 3.8) is 0 Å². The van der Waals surface area contributed by atoms with E-state index in [0.29, 0.717) is 0 Å². The third kappa shape index (κ3) is 3.20. The molecule has 0 unspecified atom stereocenters. The van der Waals surface area contributed by atoms with Crippen LogP contribution in [0, 0.1) is 0 Å². The first kappa shape index (κ1) is 13.7. The lowest BCUT2D eigenvalue weighted by molar-refractivity contribution is 0.409. The third-order valence-corrected chi connectivity index (χ3v) is 3.49. The van der Waals surface area contributed by atoms with Crippen LogP contribution in [0.1, 0.15) is 5.56 Å². The molecule has 0 saturated heterocycles. The summed E-state index contributed by atoms with van der Waals surface area (Å²) < 4.78 is 6.43. The van der Waals surface area contributed by atoms with Crippen LogP contribution in [-0.4, -0.2) is 14.2 Å². The van der Waals surface area contributed by atoms with E-state index in [9.17, 15) is 0 Å². The van der Waals surface area contributed by atoms with Gasteiger partial charge in [-0.15, -0.1) is 0 Å². The molecular formula is C15H17BrN2O. The van der Waals surface area contributed by atoms with Gasteiger partial charge < -0.3 is 15.4 Å². The van der Waals surface area contributed by atoms with E-state index in [1.54, 1.807) is 7.11 Å². The Balaban J connectivity index is 2.26. The number of hydrogen-bond donors (Lipinski definition) is 1. The number of nitrogens with two attached hydrogens (primary N) is 1. The highest BCUT2D eigenvalue weighted by Crippen LogP contribution is 2.28. The fourth-order valence-corrected chi connectivity index (χ4v) is 2.46. The highest BCUT2D eigenvalue weighted by Gasteiger charge is 2.09. The summed E-state index contributed by atoms with van der Waals surface area (Å²) in [5.74, 6) is 0.879. The van der Waals surface area contributed by atoms with E-state index >= 15 is 0 Å². The van der Waals surface area contributed by atoms with E-state index in [-0.39, 0.29) is 0 Å². The number of nitrogens with zero attached hydrogens (tertiary/aromatic N) is 1. The van der Waals surface area contributed by atoms with Gasteiger partial charge in [-0.2, -0.15) is 0 Å². The average Bonchev–Trinajstić information content (AvgIpc) is 2.39. The Kier molecular flexibility index (Phi) is 4.32. The maximum Gasteiger partial charge on any atom is 0.123 e. The first-order chi connectivity index (χ1) is 9.11. The lowest BCUT2D eigenvalue weighted by Crippen LogP contribution is -2.18. The Morgan fingerprint density at radius 2 is 1.95 bits per heavy atom. The largest absolute Gasteiger partial charge is 0.496 e. The van der Waals surface area contributed by atoms with Crippen molar-refractivity contribution in [1.29, 1.82) is 0 Å². The molecule has 0 aromatic heterocycles. The van der Waals surface area contributed by atoms with E-state index in [1.165, 1.54) is 0 Å². The standard InChI is InChI=1S/C15H17BrN2O/c1-18(14-6-4-3-5-13(14)17)10-11-9-12(16)7-8-15(11)19-2/h3-9H,10,17H2,1-2H3. The molecule has 0 spiro atoms. The molecule has 2 aromatic rings. The van der Waals surface area contributed by atoms with Crippen molar-refractivity contribution >= 4 is 27.3 Å². The normalized spacial score (nSPS) is 10.3. The Morgan fingerprint density at radius 1 is 1.21 bits per heavy atom. The fraction of sp³-hybridized carbons (Fsp3) is 0.200. The van der Waals surface area contributed by atoms with Crippen molar-refractivity contribution in [3.8, 4) is 5.75 Å². The van der Waals surface area contributed by atoms with Gasteiger partial charge in [0.05, 0.1) is 18.5 Å². The molecule has 19 heavy (non-hydrogen) atoms. The SMILES string of the molecule is COc1ccc(Br)cc1CN(C)c1ccccc1N. The summed E-state index contributed by atoms with van der Waals surface area (Å²) in [6.07, 6.45) is 0. The molecule has 0 amide bonds. The zero-order valence-electron chi connectivity index (χ0n) is 11.1. The average molecular weight is 321 g/mol. The molecule has 0 atom stereocenters. The fourth-order valence-electron chi connectivity index (χ4n) is 2.05. The smallest absolute Gasteiger partial charge is 0.123 e. The monoisotopic (exact) mass is 320 g/mol. The van der Waals surface area contributed by atoms with Crippen LogP contribution in [0.25, 0.3) is 0 Å². The van der Waals surface area contributed by atoms with Crippen LogP contribution in [0.2, 0.25) is 0 Å². The summed E-state index contributed by atoms with van der Waals surface area (Å²) in [5.41, 5.74) is 8.90. The van der Waals surface area contributed by atoms with Gasteiger partial charge in [0.1, 0.15) is 5.75 Å². The minimum absolute atomic E-state index is 0.733. The third-order valence-electron chi connectivity index (χ3n) is 3.00. The molecule has 0 fully saturated rings. The summed E-state index contributed by atoms with van der Waals surface area (Å²) in [5, 5.41) is 0. The van der Waals surface area contributed by atoms with Gasteiger partial charge in [-0.25, -0.2) is 0 Å². The van der Waals surface area contributed by atoms with Crippen molar-refractivity contribution in [2.75, 3.05) is 24.8 Å². The van der Waals surface area contributed by atoms with Gasteiger partial charge in [-0.1, -0.05) is 28.1 Å². The van der Waals surface area contributed by atoms with E-state index in [0.717, 1.165) is 33.7 Å². The van der Waals surface area contributed by atoms with E-state index < -0.39 is 0 Å². The Hall–Kier alpha value is -1.68. The van der Waals surface area contributed by atoms with Gasteiger partial charge in [0.15, 0.2) is 0 Å². The van der Waals surface area contributed by atoms with Gasteiger partial charge >= 0.3 is 0 Å². The zero-order valence-corrected chi connectivity index (χ0v) is 12.6. The van der Waals surface area contributed by atoms with Crippen LogP contribution in [-0.2, 0) is 6.54 Å². The molecule has 3 nitrogen and oxygen atoms in total. The minimum atomic E-state index is 0.733. The Labute approximate surface area is 122 Å². The van der Waals surface area contributed by atoms with Crippen molar-refractivity contribution in [2.24, 2.45) is 0 Å².